The lowest BCUT2D eigenvalue weighted by Crippen LogP contribution is -2.58. The zero-order chi connectivity index (χ0) is 35.7. The molecule has 0 aromatic heterocycles. The van der Waals surface area contributed by atoms with Gasteiger partial charge in [-0.25, -0.2) is 0 Å². The summed E-state index contributed by atoms with van der Waals surface area (Å²) in [5, 5.41) is 9.51. The van der Waals surface area contributed by atoms with Crippen LogP contribution >= 0.6 is 0 Å². The van der Waals surface area contributed by atoms with Crippen molar-refractivity contribution in [3.63, 3.8) is 0 Å². The van der Waals surface area contributed by atoms with Crippen molar-refractivity contribution in [1.82, 2.24) is 0 Å². The van der Waals surface area contributed by atoms with Gasteiger partial charge in [-0.15, -0.1) is 0 Å². The molecule has 3 saturated carbocycles. The number of carbonyl (C=O) groups excluding carboxylic acids is 1. The van der Waals surface area contributed by atoms with Gasteiger partial charge in [0.1, 0.15) is 6.10 Å². The van der Waals surface area contributed by atoms with Crippen LogP contribution < -0.4 is 0 Å². The fraction of sp³-hybridized carbons (Fsp3) is 0.891. The minimum Gasteiger partial charge on any atom is -0.461 e. The maximum absolute atomic E-state index is 13.1. The number of fused-ring (bicyclic) bond motifs is 5. The number of allylic oxidation sites excluding steroid dienone is 3. The van der Waals surface area contributed by atoms with Crippen molar-refractivity contribution in [3.05, 3.63) is 23.8 Å². The molecule has 3 heteroatoms. The fourth-order valence-electron chi connectivity index (χ4n) is 12.2. The van der Waals surface area contributed by atoms with Gasteiger partial charge in [0.05, 0.1) is 0 Å². The number of aliphatic hydroxyl groups is 1. The smallest absolute Gasteiger partial charge is 0.306 e. The van der Waals surface area contributed by atoms with E-state index in [0.29, 0.717) is 29.8 Å². The Morgan fingerprint density at radius 3 is 2.16 bits per heavy atom. The van der Waals surface area contributed by atoms with Gasteiger partial charge in [-0.2, -0.15) is 0 Å². The highest BCUT2D eigenvalue weighted by Gasteiger charge is 2.66. The van der Waals surface area contributed by atoms with Crippen molar-refractivity contribution in [2.45, 2.75) is 203 Å². The minimum absolute atomic E-state index is 0.000611. The summed E-state index contributed by atoms with van der Waals surface area (Å²) in [5.74, 6) is 3.54. The third-order valence-corrected chi connectivity index (χ3v) is 15.6. The SMILES string of the molecule is CCCCCC/C=C/CCCCCCCC(=O)O[C@@H]1CC[C@@]2(C)C(=CC[C@@H]3[C@@H]2CC[C@]2(C)[C@@H]([C@H](C)CCC[C@H](C)CO)CC[C@@]32C)C1(C)C. The predicted octanol–water partition coefficient (Wildman–Crippen LogP) is 13.2. The molecule has 0 aromatic rings. The Labute approximate surface area is 304 Å². The molecule has 0 spiro atoms. The summed E-state index contributed by atoms with van der Waals surface area (Å²) in [6.07, 6.45) is 34.2. The normalized spacial score (nSPS) is 34.9. The van der Waals surface area contributed by atoms with E-state index in [4.69, 9.17) is 4.74 Å². The molecule has 9 atom stereocenters. The third-order valence-electron chi connectivity index (χ3n) is 15.6. The Kier molecular flexibility index (Phi) is 15.0. The molecule has 4 rings (SSSR count). The highest BCUT2D eigenvalue weighted by Crippen LogP contribution is 2.73. The van der Waals surface area contributed by atoms with Gasteiger partial charge in [-0.1, -0.05) is 131 Å². The van der Waals surface area contributed by atoms with Gasteiger partial charge in [-0.3, -0.25) is 4.79 Å². The molecule has 3 nitrogen and oxygen atoms in total. The van der Waals surface area contributed by atoms with Crippen molar-refractivity contribution in [1.29, 1.82) is 0 Å². The first-order valence-corrected chi connectivity index (χ1v) is 21.5. The predicted molar refractivity (Wildman–Crippen MR) is 208 cm³/mol. The molecule has 0 radical (unpaired) electrons. The van der Waals surface area contributed by atoms with Crippen LogP contribution in [-0.4, -0.2) is 23.8 Å². The zero-order valence-corrected chi connectivity index (χ0v) is 33.7. The van der Waals surface area contributed by atoms with Gasteiger partial charge < -0.3 is 9.84 Å². The second-order valence-electron chi connectivity index (χ2n) is 19.1. The monoisotopic (exact) mass is 681 g/mol. The highest BCUT2D eigenvalue weighted by molar-refractivity contribution is 5.69. The number of ether oxygens (including phenoxy) is 1. The van der Waals surface area contributed by atoms with Gasteiger partial charge in [0.25, 0.3) is 0 Å². The van der Waals surface area contributed by atoms with E-state index >= 15 is 0 Å². The number of hydrogen-bond acceptors (Lipinski definition) is 3. The van der Waals surface area contributed by atoms with E-state index < -0.39 is 0 Å². The van der Waals surface area contributed by atoms with Crippen LogP contribution in [0.5, 0.6) is 0 Å². The zero-order valence-electron chi connectivity index (χ0n) is 33.7. The van der Waals surface area contributed by atoms with Gasteiger partial charge in [0.2, 0.25) is 0 Å². The maximum atomic E-state index is 13.1. The molecule has 3 fully saturated rings. The van der Waals surface area contributed by atoms with Crippen LogP contribution in [0.15, 0.2) is 23.8 Å². The van der Waals surface area contributed by atoms with E-state index in [1.165, 1.54) is 103 Å². The molecule has 0 aromatic carbocycles. The first-order valence-electron chi connectivity index (χ1n) is 21.5. The number of esters is 1. The molecule has 4 aliphatic rings. The van der Waals surface area contributed by atoms with Crippen molar-refractivity contribution < 1.29 is 14.6 Å². The van der Waals surface area contributed by atoms with Gasteiger partial charge >= 0.3 is 5.97 Å². The summed E-state index contributed by atoms with van der Waals surface area (Å²) in [6, 6.07) is 0. The summed E-state index contributed by atoms with van der Waals surface area (Å²) in [4.78, 5) is 13.1. The third kappa shape index (κ3) is 9.11. The van der Waals surface area contributed by atoms with E-state index in [2.05, 4.69) is 73.6 Å². The molecular weight excluding hydrogens is 601 g/mol. The lowest BCUT2D eigenvalue weighted by Gasteiger charge is -2.64. The first-order chi connectivity index (χ1) is 23.3. The molecule has 4 aliphatic carbocycles. The molecule has 0 amide bonds. The van der Waals surface area contributed by atoms with Gasteiger partial charge in [0.15, 0.2) is 0 Å². The second kappa shape index (κ2) is 18.1. The lowest BCUT2D eigenvalue weighted by atomic mass is 9.40. The minimum atomic E-state index is -0.1000. The van der Waals surface area contributed by atoms with Crippen molar-refractivity contribution in [2.75, 3.05) is 6.61 Å². The van der Waals surface area contributed by atoms with E-state index in [9.17, 15) is 9.90 Å². The Balaban J connectivity index is 1.26. The van der Waals surface area contributed by atoms with Crippen molar-refractivity contribution >= 4 is 5.97 Å². The van der Waals surface area contributed by atoms with Crippen LogP contribution in [-0.2, 0) is 9.53 Å². The van der Waals surface area contributed by atoms with Gasteiger partial charge in [0, 0.05) is 18.4 Å². The molecule has 0 aliphatic heterocycles. The van der Waals surface area contributed by atoms with Crippen LogP contribution in [0.25, 0.3) is 0 Å². The van der Waals surface area contributed by atoms with Crippen LogP contribution in [0.1, 0.15) is 197 Å². The average Bonchev–Trinajstić information content (AvgIpc) is 3.35. The van der Waals surface area contributed by atoms with E-state index in [0.717, 1.165) is 55.8 Å². The summed E-state index contributed by atoms with van der Waals surface area (Å²) in [6.45, 7) is 20.1. The molecule has 0 bridgehead atoms. The fourth-order valence-corrected chi connectivity index (χ4v) is 12.2. The standard InChI is InChI=1S/C46H80O3/c1-9-10-11-12-13-14-15-16-17-18-19-20-21-25-42(48)49-41-30-31-44(6)38-29-33-45(7)37(36(3)24-22-23-35(2)34-47)28-32-46(45,8)39(38)26-27-40(44)43(41,4)5/h14-15,27,35-39,41,47H,9-13,16-26,28-34H2,1-8H3/b15-14+/t35-,36+,37+,38-,39+,41+,44+,45+,46-/m0/s1. The molecule has 49 heavy (non-hydrogen) atoms. The molecule has 0 saturated heterocycles. The molecule has 282 valence electrons. The molecule has 0 heterocycles. The largest absolute Gasteiger partial charge is 0.461 e. The first kappa shape index (κ1) is 40.7. The molecular formula is C46H80O3. The quantitative estimate of drug-likeness (QED) is 0.0791. The average molecular weight is 681 g/mol. The van der Waals surface area contributed by atoms with E-state index in [1.807, 2.05) is 0 Å². The Bertz CT molecular complexity index is 1090. The Hall–Kier alpha value is -1.09. The van der Waals surface area contributed by atoms with Crippen molar-refractivity contribution in [3.8, 4) is 0 Å². The number of aliphatic hydroxyl groups excluding tert-OH is 1. The van der Waals surface area contributed by atoms with Gasteiger partial charge in [-0.05, 0) is 129 Å². The summed E-state index contributed by atoms with van der Waals surface area (Å²) >= 11 is 0. The van der Waals surface area contributed by atoms with Crippen molar-refractivity contribution in [2.24, 2.45) is 51.2 Å². The number of unbranched alkanes of at least 4 members (excludes halogenated alkanes) is 9. The second-order valence-corrected chi connectivity index (χ2v) is 19.1. The molecule has 0 unspecified atom stereocenters. The Morgan fingerprint density at radius 1 is 0.816 bits per heavy atom. The van der Waals surface area contributed by atoms with E-state index in [1.54, 1.807) is 5.57 Å². The maximum Gasteiger partial charge on any atom is 0.306 e. The van der Waals surface area contributed by atoms with Crippen LogP contribution in [0.3, 0.4) is 0 Å². The lowest BCUT2D eigenvalue weighted by molar-refractivity contribution is -0.162. The number of hydrogen-bond donors (Lipinski definition) is 1. The summed E-state index contributed by atoms with van der Waals surface area (Å²) < 4.78 is 6.34. The number of rotatable bonds is 20. The van der Waals surface area contributed by atoms with Crippen LogP contribution in [0.2, 0.25) is 0 Å². The van der Waals surface area contributed by atoms with Crippen LogP contribution in [0, 0.1) is 51.2 Å². The Morgan fingerprint density at radius 2 is 1.47 bits per heavy atom. The summed E-state index contributed by atoms with van der Waals surface area (Å²) in [5.41, 5.74) is 2.54. The highest BCUT2D eigenvalue weighted by atomic mass is 16.5. The van der Waals surface area contributed by atoms with Crippen LogP contribution in [0.4, 0.5) is 0 Å². The number of carbonyl (C=O) groups is 1. The topological polar surface area (TPSA) is 46.5 Å². The summed E-state index contributed by atoms with van der Waals surface area (Å²) in [7, 11) is 0. The van der Waals surface area contributed by atoms with E-state index in [-0.39, 0.29) is 22.9 Å². The molecule has 1 N–H and O–H groups in total.